The molecule has 1 amide bonds. The molecule has 0 N–H and O–H groups in total. The van der Waals surface area contributed by atoms with Gasteiger partial charge in [0.25, 0.3) is 0 Å². The van der Waals surface area contributed by atoms with Gasteiger partial charge in [0.15, 0.2) is 0 Å². The molecule has 0 spiro atoms. The van der Waals surface area contributed by atoms with Gasteiger partial charge in [-0.3, -0.25) is 4.79 Å². The van der Waals surface area contributed by atoms with Gasteiger partial charge in [0.05, 0.1) is 18.4 Å². The van der Waals surface area contributed by atoms with E-state index in [-0.39, 0.29) is 24.7 Å². The number of rotatable bonds is 14. The molecule has 38 heavy (non-hydrogen) atoms. The van der Waals surface area contributed by atoms with Crippen LogP contribution in [-0.4, -0.2) is 19.2 Å². The summed E-state index contributed by atoms with van der Waals surface area (Å²) >= 11 is 0. The van der Waals surface area contributed by atoms with E-state index in [1.165, 1.54) is 24.8 Å². The Bertz CT molecular complexity index is 1270. The third-order valence-corrected chi connectivity index (χ3v) is 7.19. The molecule has 0 aliphatic heterocycles. The summed E-state index contributed by atoms with van der Waals surface area (Å²) in [4.78, 5) is 14.1. The van der Waals surface area contributed by atoms with Gasteiger partial charge in [0.1, 0.15) is 16.4 Å². The van der Waals surface area contributed by atoms with Crippen molar-refractivity contribution in [3.63, 3.8) is 0 Å². The van der Waals surface area contributed by atoms with Crippen LogP contribution in [0.1, 0.15) is 68.8 Å². The van der Waals surface area contributed by atoms with E-state index in [4.69, 9.17) is 8.60 Å². The average Bonchev–Trinajstić information content (AvgIpc) is 3.38. The Labute approximate surface area is 221 Å². The molecule has 0 radical (unpaired) electrons. The minimum Gasteiger partial charge on any atom is -0.467 e. The molecule has 206 valence electrons. The van der Waals surface area contributed by atoms with Crippen molar-refractivity contribution in [2.75, 3.05) is 0 Å². The summed E-state index contributed by atoms with van der Waals surface area (Å²) in [7, 11) is -4.52. The normalized spacial score (nSPS) is 11.9. The van der Waals surface area contributed by atoms with Crippen LogP contribution in [-0.2, 0) is 34.2 Å². The van der Waals surface area contributed by atoms with Crippen LogP contribution in [0.5, 0.6) is 5.75 Å². The maximum absolute atomic E-state index is 13.0. The van der Waals surface area contributed by atoms with Crippen LogP contribution in [0.4, 0.5) is 13.2 Å². The maximum atomic E-state index is 13.0. The van der Waals surface area contributed by atoms with Gasteiger partial charge in [-0.25, -0.2) is 0 Å². The van der Waals surface area contributed by atoms with Gasteiger partial charge in [-0.2, -0.15) is 21.6 Å². The van der Waals surface area contributed by atoms with Crippen LogP contribution < -0.4 is 4.18 Å². The molecular weight excluding hydrogens is 519 g/mol. The summed E-state index contributed by atoms with van der Waals surface area (Å²) in [5, 5.41) is 0. The summed E-state index contributed by atoms with van der Waals surface area (Å²) in [6.45, 7) is 2.57. The van der Waals surface area contributed by atoms with Crippen LogP contribution in [0.15, 0.2) is 76.2 Å². The van der Waals surface area contributed by atoms with Crippen molar-refractivity contribution < 1.29 is 35.0 Å². The van der Waals surface area contributed by atoms with E-state index in [9.17, 15) is 26.4 Å². The molecule has 2 aromatic carbocycles. The molecule has 6 nitrogen and oxygen atoms in total. The van der Waals surface area contributed by atoms with Gasteiger partial charge in [0.2, 0.25) is 5.91 Å². The Hall–Kier alpha value is -3.27. The number of hydrogen-bond acceptors (Lipinski definition) is 5. The molecule has 0 aliphatic carbocycles. The summed E-state index contributed by atoms with van der Waals surface area (Å²) < 4.78 is 75.0. The minimum absolute atomic E-state index is 0.0557. The number of carbonyl (C=O) groups excluding carboxylic acids is 1. The van der Waals surface area contributed by atoms with Gasteiger partial charge in [-0.15, -0.1) is 0 Å². The lowest BCUT2D eigenvalue weighted by atomic mass is 10.1. The highest BCUT2D eigenvalue weighted by atomic mass is 32.2. The first-order valence-corrected chi connectivity index (χ1v) is 14.0. The predicted octanol–water partition coefficient (Wildman–Crippen LogP) is 7.35. The van der Waals surface area contributed by atoms with Crippen LogP contribution in [0.25, 0.3) is 0 Å². The fourth-order valence-electron chi connectivity index (χ4n) is 3.96. The number of benzene rings is 2. The van der Waals surface area contributed by atoms with Crippen molar-refractivity contribution in [2.24, 2.45) is 0 Å². The quantitative estimate of drug-likeness (QED) is 0.155. The van der Waals surface area contributed by atoms with Crippen LogP contribution in [0.3, 0.4) is 0 Å². The topological polar surface area (TPSA) is 76.8 Å². The number of nitrogens with zero attached hydrogens (tertiary/aromatic N) is 1. The predicted molar refractivity (Wildman–Crippen MR) is 137 cm³/mol. The van der Waals surface area contributed by atoms with Crippen molar-refractivity contribution >= 4 is 16.0 Å². The lowest BCUT2D eigenvalue weighted by Crippen LogP contribution is -2.29. The van der Waals surface area contributed by atoms with Gasteiger partial charge in [-0.1, -0.05) is 57.2 Å². The monoisotopic (exact) mass is 551 g/mol. The molecule has 0 unspecified atom stereocenters. The molecule has 0 atom stereocenters. The zero-order valence-corrected chi connectivity index (χ0v) is 22.1. The van der Waals surface area contributed by atoms with Gasteiger partial charge < -0.3 is 13.5 Å². The van der Waals surface area contributed by atoms with E-state index in [0.717, 1.165) is 50.3 Å². The first-order valence-electron chi connectivity index (χ1n) is 12.6. The molecule has 0 aliphatic rings. The van der Waals surface area contributed by atoms with Gasteiger partial charge >= 0.3 is 16.3 Å². The van der Waals surface area contributed by atoms with Crippen molar-refractivity contribution in [1.29, 1.82) is 0 Å². The molecule has 0 saturated heterocycles. The zero-order valence-electron chi connectivity index (χ0n) is 21.2. The summed E-state index contributed by atoms with van der Waals surface area (Å²) in [6.07, 6.45) is 3.53. The SMILES string of the molecule is CCCCCCCCC(=O)N(Cc1cccc(OS(=O)(=O)c2cccc(C(F)(F)F)c2)c1)Cc1ccco1. The molecule has 3 rings (SSSR count). The first-order chi connectivity index (χ1) is 18.1. The van der Waals surface area contributed by atoms with Gasteiger partial charge in [-0.05, 0) is 54.4 Å². The van der Waals surface area contributed by atoms with Crippen LogP contribution in [0.2, 0.25) is 0 Å². The maximum Gasteiger partial charge on any atom is 0.416 e. The van der Waals surface area contributed by atoms with Gasteiger partial charge in [0, 0.05) is 13.0 Å². The van der Waals surface area contributed by atoms with Crippen molar-refractivity contribution in [3.8, 4) is 5.75 Å². The Morgan fingerprint density at radius 3 is 2.37 bits per heavy atom. The lowest BCUT2D eigenvalue weighted by Gasteiger charge is -2.22. The number of amides is 1. The van der Waals surface area contributed by atoms with E-state index in [2.05, 4.69) is 6.92 Å². The fourth-order valence-corrected chi connectivity index (χ4v) is 4.93. The lowest BCUT2D eigenvalue weighted by molar-refractivity contribution is -0.137. The molecule has 1 aromatic heterocycles. The molecule has 3 aromatic rings. The Morgan fingerprint density at radius 1 is 0.921 bits per heavy atom. The number of furan rings is 1. The number of carbonyl (C=O) groups is 1. The van der Waals surface area contributed by atoms with E-state index in [1.807, 2.05) is 0 Å². The number of hydrogen-bond donors (Lipinski definition) is 0. The van der Waals surface area contributed by atoms with E-state index >= 15 is 0 Å². The highest BCUT2D eigenvalue weighted by molar-refractivity contribution is 7.87. The molecule has 1 heterocycles. The van der Waals surface area contributed by atoms with E-state index in [0.29, 0.717) is 23.8 Å². The number of halogens is 3. The standard InChI is InChI=1S/C28H32F3NO5S/c1-2-3-4-5-6-7-16-27(33)32(21-25-14-10-17-36-25)20-22-11-8-13-24(18-22)37-38(34,35)26-15-9-12-23(19-26)28(29,30)31/h8-15,17-19H,2-7,16,20-21H2,1H3. The number of alkyl halides is 3. The fraction of sp³-hybridized carbons (Fsp3) is 0.393. The van der Waals surface area contributed by atoms with Crippen LogP contribution in [0, 0.1) is 0 Å². The third-order valence-electron chi connectivity index (χ3n) is 5.95. The van der Waals surface area contributed by atoms with Crippen molar-refractivity contribution in [3.05, 3.63) is 83.8 Å². The Morgan fingerprint density at radius 2 is 1.66 bits per heavy atom. The minimum atomic E-state index is -4.69. The summed E-state index contributed by atoms with van der Waals surface area (Å²) in [5.74, 6) is 0.488. The Kier molecular flexibility index (Phi) is 10.4. The van der Waals surface area contributed by atoms with E-state index in [1.54, 1.807) is 29.2 Å². The molecule has 0 fully saturated rings. The molecule has 10 heteroatoms. The molecule has 0 saturated carbocycles. The highest BCUT2D eigenvalue weighted by Gasteiger charge is 2.32. The van der Waals surface area contributed by atoms with Crippen molar-refractivity contribution in [2.45, 2.75) is 76.0 Å². The largest absolute Gasteiger partial charge is 0.467 e. The molecule has 0 bridgehead atoms. The highest BCUT2D eigenvalue weighted by Crippen LogP contribution is 2.31. The van der Waals surface area contributed by atoms with E-state index < -0.39 is 26.8 Å². The second kappa shape index (κ2) is 13.5. The second-order valence-electron chi connectivity index (χ2n) is 9.06. The van der Waals surface area contributed by atoms with Crippen molar-refractivity contribution in [1.82, 2.24) is 4.90 Å². The summed E-state index contributed by atoms with van der Waals surface area (Å²) in [6, 6.07) is 13.0. The third kappa shape index (κ3) is 8.93. The second-order valence-corrected chi connectivity index (χ2v) is 10.6. The van der Waals surface area contributed by atoms with Crippen LogP contribution >= 0.6 is 0 Å². The Balaban J connectivity index is 1.71. The smallest absolute Gasteiger partial charge is 0.416 e. The molecular formula is C28H32F3NO5S. The first kappa shape index (κ1) is 29.3. The summed E-state index contributed by atoms with van der Waals surface area (Å²) in [5.41, 5.74) is -0.488. The zero-order chi connectivity index (χ0) is 27.6. The number of unbranched alkanes of at least 4 members (excludes halogenated alkanes) is 5. The average molecular weight is 552 g/mol.